The van der Waals surface area contributed by atoms with E-state index in [9.17, 15) is 4.79 Å². The number of carbonyl (C=O) groups is 1. The number of rotatable bonds is 3. The quantitative estimate of drug-likeness (QED) is 0.442. The molecule has 0 aliphatic heterocycles. The summed E-state index contributed by atoms with van der Waals surface area (Å²) in [6.07, 6.45) is 8.64. The van der Waals surface area contributed by atoms with Crippen molar-refractivity contribution in [3.63, 3.8) is 0 Å². The van der Waals surface area contributed by atoms with E-state index in [1.165, 1.54) is 24.8 Å². The number of hydrogen-bond acceptors (Lipinski definition) is 2. The van der Waals surface area contributed by atoms with Crippen molar-refractivity contribution >= 4 is 15.3 Å². The summed E-state index contributed by atoms with van der Waals surface area (Å²) in [4.78, 5) is 10.8. The van der Waals surface area contributed by atoms with E-state index in [0.717, 1.165) is 25.0 Å². The Morgan fingerprint density at radius 3 is 2.42 bits per heavy atom. The molecular weight excluding hydrogens is 252 g/mol. The molecule has 0 spiro atoms. The zero-order valence-electron chi connectivity index (χ0n) is 13.2. The summed E-state index contributed by atoms with van der Waals surface area (Å²) in [5.74, 6) is 0.769. The normalized spacial score (nSPS) is 28.2. The number of hydrogen-bond donors (Lipinski definition) is 0. The lowest BCUT2D eigenvalue weighted by Gasteiger charge is -2.35. The highest BCUT2D eigenvalue weighted by atomic mass is 28.3. The highest BCUT2D eigenvalue weighted by Gasteiger charge is 2.28. The van der Waals surface area contributed by atoms with Gasteiger partial charge in [0.15, 0.2) is 9.04 Å². The van der Waals surface area contributed by atoms with Crippen LogP contribution >= 0.6 is 0 Å². The molecule has 0 aromatic carbocycles. The van der Waals surface area contributed by atoms with E-state index in [-0.39, 0.29) is 6.10 Å². The first kappa shape index (κ1) is 16.6. The Labute approximate surface area is 120 Å². The number of carbonyl (C=O) groups excluding carboxylic acids is 1. The molecule has 1 aliphatic carbocycles. The van der Waals surface area contributed by atoms with Gasteiger partial charge in [0.05, 0.1) is 6.10 Å². The first-order valence-corrected chi connectivity index (χ1v) is 10.4. The number of aldehydes is 1. The van der Waals surface area contributed by atoms with Crippen LogP contribution in [0.3, 0.4) is 0 Å². The van der Waals surface area contributed by atoms with Crippen LogP contribution in [0.2, 0.25) is 13.1 Å². The minimum atomic E-state index is -1.06. The number of allylic oxidation sites excluding steroid dienone is 1. The predicted octanol–water partition coefficient (Wildman–Crippen LogP) is 4.11. The molecule has 1 rings (SSSR count). The van der Waals surface area contributed by atoms with E-state index in [4.69, 9.17) is 4.43 Å². The molecule has 19 heavy (non-hydrogen) atoms. The molecule has 110 valence electrons. The van der Waals surface area contributed by atoms with Crippen molar-refractivity contribution in [2.75, 3.05) is 0 Å². The van der Waals surface area contributed by atoms with E-state index < -0.39 is 9.04 Å². The van der Waals surface area contributed by atoms with Crippen LogP contribution in [0.25, 0.3) is 0 Å². The Morgan fingerprint density at radius 1 is 1.21 bits per heavy atom. The van der Waals surface area contributed by atoms with Crippen LogP contribution < -0.4 is 0 Å². The maximum atomic E-state index is 10.8. The minimum absolute atomic E-state index is 0.196. The second-order valence-corrected chi connectivity index (χ2v) is 9.45. The Kier molecular flexibility index (Phi) is 6.47. The monoisotopic (exact) mass is 282 g/mol. The maximum absolute atomic E-state index is 10.8. The molecule has 0 amide bonds. The third kappa shape index (κ3) is 5.61. The zero-order chi connectivity index (χ0) is 14.5. The third-order valence-electron chi connectivity index (χ3n) is 4.15. The molecule has 1 saturated carbocycles. The molecular formula is C16H30O2Si. The average molecular weight is 282 g/mol. The van der Waals surface area contributed by atoms with Crippen LogP contribution in [0, 0.1) is 11.3 Å². The molecule has 0 saturated heterocycles. The van der Waals surface area contributed by atoms with Gasteiger partial charge in [-0.1, -0.05) is 20.8 Å². The lowest BCUT2D eigenvalue weighted by atomic mass is 9.73. The van der Waals surface area contributed by atoms with Gasteiger partial charge < -0.3 is 4.43 Å². The van der Waals surface area contributed by atoms with Crippen LogP contribution in [0.5, 0.6) is 0 Å². The van der Waals surface area contributed by atoms with E-state index >= 15 is 0 Å². The van der Waals surface area contributed by atoms with Gasteiger partial charge in [-0.05, 0) is 68.2 Å². The summed E-state index contributed by atoms with van der Waals surface area (Å²) >= 11 is 0. The second kappa shape index (κ2) is 7.39. The minimum Gasteiger partial charge on any atom is -0.414 e. The van der Waals surface area contributed by atoms with Gasteiger partial charge in [-0.2, -0.15) is 0 Å². The van der Waals surface area contributed by atoms with Gasteiger partial charge in [-0.3, -0.25) is 4.79 Å². The summed E-state index contributed by atoms with van der Waals surface area (Å²) in [7, 11) is -1.06. The molecule has 1 aliphatic rings. The fourth-order valence-corrected chi connectivity index (χ4v) is 3.99. The Balaban J connectivity index is 2.77. The van der Waals surface area contributed by atoms with E-state index in [2.05, 4.69) is 33.9 Å². The summed E-state index contributed by atoms with van der Waals surface area (Å²) in [5.41, 5.74) is 1.61. The summed E-state index contributed by atoms with van der Waals surface area (Å²) in [6, 6.07) is 0. The van der Waals surface area contributed by atoms with Crippen molar-refractivity contribution in [2.45, 2.75) is 72.1 Å². The standard InChI is InChI=1S/C16H30O2Si/c1-16(2,3)14-8-6-7-13(11-12-17)15(10-9-14)18-19(4)5/h11-12,14-15,19H,6-10H2,1-5H3. The van der Waals surface area contributed by atoms with E-state index in [1.807, 2.05) is 0 Å². The van der Waals surface area contributed by atoms with Crippen molar-refractivity contribution in [1.82, 2.24) is 0 Å². The zero-order valence-corrected chi connectivity index (χ0v) is 14.4. The first-order chi connectivity index (χ1) is 8.84. The van der Waals surface area contributed by atoms with Crippen LogP contribution in [0.1, 0.15) is 52.9 Å². The van der Waals surface area contributed by atoms with Crippen molar-refractivity contribution < 1.29 is 9.22 Å². The fourth-order valence-electron chi connectivity index (χ4n) is 3.02. The van der Waals surface area contributed by atoms with Crippen molar-refractivity contribution in [1.29, 1.82) is 0 Å². The van der Waals surface area contributed by atoms with E-state index in [1.54, 1.807) is 6.08 Å². The second-order valence-electron chi connectivity index (χ2n) is 7.08. The topological polar surface area (TPSA) is 26.3 Å². The molecule has 0 heterocycles. The predicted molar refractivity (Wildman–Crippen MR) is 83.9 cm³/mol. The maximum Gasteiger partial charge on any atom is 0.171 e. The van der Waals surface area contributed by atoms with Gasteiger partial charge in [0.1, 0.15) is 6.29 Å². The average Bonchev–Trinajstić information content (AvgIpc) is 2.25. The van der Waals surface area contributed by atoms with Crippen molar-refractivity contribution in [3.05, 3.63) is 11.6 Å². The summed E-state index contributed by atoms with van der Waals surface area (Å²) in [6.45, 7) is 11.4. The van der Waals surface area contributed by atoms with Crippen molar-refractivity contribution in [2.24, 2.45) is 11.3 Å². The SMILES string of the molecule is C[SiH](C)OC1CCC(C(C)(C)C)CCCC1=CC=O. The third-order valence-corrected chi connectivity index (χ3v) is 5.03. The van der Waals surface area contributed by atoms with Gasteiger partial charge in [0.25, 0.3) is 0 Å². The molecule has 2 nitrogen and oxygen atoms in total. The molecule has 0 N–H and O–H groups in total. The fraction of sp³-hybridized carbons (Fsp3) is 0.812. The molecule has 0 aromatic rings. The van der Waals surface area contributed by atoms with Gasteiger partial charge in [0.2, 0.25) is 0 Å². The van der Waals surface area contributed by atoms with Gasteiger partial charge in [-0.25, -0.2) is 0 Å². The van der Waals surface area contributed by atoms with Gasteiger partial charge in [-0.15, -0.1) is 0 Å². The first-order valence-electron chi connectivity index (χ1n) is 7.64. The highest BCUT2D eigenvalue weighted by Crippen LogP contribution is 2.37. The van der Waals surface area contributed by atoms with Crippen LogP contribution in [0.15, 0.2) is 11.6 Å². The molecule has 0 bridgehead atoms. The highest BCUT2D eigenvalue weighted by molar-refractivity contribution is 6.48. The molecule has 0 radical (unpaired) electrons. The van der Waals surface area contributed by atoms with Gasteiger partial charge >= 0.3 is 0 Å². The van der Waals surface area contributed by atoms with Crippen LogP contribution in [0.4, 0.5) is 0 Å². The Bertz CT molecular complexity index is 315. The largest absolute Gasteiger partial charge is 0.414 e. The lowest BCUT2D eigenvalue weighted by molar-refractivity contribution is -0.104. The molecule has 0 aromatic heterocycles. The smallest absolute Gasteiger partial charge is 0.171 e. The molecule has 2 atom stereocenters. The van der Waals surface area contributed by atoms with Crippen LogP contribution in [-0.4, -0.2) is 21.4 Å². The molecule has 2 unspecified atom stereocenters. The Morgan fingerprint density at radius 2 is 1.89 bits per heavy atom. The van der Waals surface area contributed by atoms with Crippen molar-refractivity contribution in [3.8, 4) is 0 Å². The lowest BCUT2D eigenvalue weighted by Crippen LogP contribution is -2.29. The Hall–Kier alpha value is -0.413. The molecule has 1 fully saturated rings. The van der Waals surface area contributed by atoms with Crippen LogP contribution in [-0.2, 0) is 9.22 Å². The molecule has 3 heteroatoms. The van der Waals surface area contributed by atoms with E-state index in [0.29, 0.717) is 5.41 Å². The summed E-state index contributed by atoms with van der Waals surface area (Å²) in [5, 5.41) is 0. The summed E-state index contributed by atoms with van der Waals surface area (Å²) < 4.78 is 6.16. The van der Waals surface area contributed by atoms with Gasteiger partial charge in [0, 0.05) is 0 Å².